The first-order chi connectivity index (χ1) is 10.1. The number of hydrogen-bond acceptors (Lipinski definition) is 3. The summed E-state index contributed by atoms with van der Waals surface area (Å²) in [5.74, 6) is 0.516. The van der Waals surface area contributed by atoms with Gasteiger partial charge in [0, 0.05) is 12.7 Å². The van der Waals surface area contributed by atoms with Gasteiger partial charge in [0.1, 0.15) is 10.8 Å². The van der Waals surface area contributed by atoms with E-state index in [1.807, 2.05) is 0 Å². The lowest BCUT2D eigenvalue weighted by Crippen LogP contribution is -2.30. The van der Waals surface area contributed by atoms with Crippen molar-refractivity contribution in [2.75, 3.05) is 12.3 Å². The monoisotopic (exact) mass is 328 g/mol. The SMILES string of the molecule is O=C(C[S@@](=O)c1ccc(Cl)cn1)NCCC1CCCCC1. The lowest BCUT2D eigenvalue weighted by atomic mass is 9.87. The molecular formula is C15H21ClN2O2S. The van der Waals surface area contributed by atoms with E-state index in [9.17, 15) is 9.00 Å². The summed E-state index contributed by atoms with van der Waals surface area (Å²) in [4.78, 5) is 15.8. The first-order valence-electron chi connectivity index (χ1n) is 7.42. The van der Waals surface area contributed by atoms with Gasteiger partial charge in [0.25, 0.3) is 0 Å². The standard InChI is InChI=1S/C15H21ClN2O2S/c16-13-6-7-15(18-10-13)21(20)11-14(19)17-9-8-12-4-2-1-3-5-12/h6-7,10,12H,1-5,8-9,11H2,(H,17,19)/t21-/m1/s1. The van der Waals surface area contributed by atoms with Gasteiger partial charge in [0.15, 0.2) is 0 Å². The van der Waals surface area contributed by atoms with Gasteiger partial charge in [-0.3, -0.25) is 9.00 Å². The third-order valence-electron chi connectivity index (χ3n) is 3.80. The van der Waals surface area contributed by atoms with Crippen LogP contribution in [0.4, 0.5) is 0 Å². The Kier molecular flexibility index (Phi) is 6.64. The Morgan fingerprint density at radius 2 is 2.10 bits per heavy atom. The maximum absolute atomic E-state index is 12.0. The van der Waals surface area contributed by atoms with Gasteiger partial charge in [-0.05, 0) is 24.5 Å². The fourth-order valence-electron chi connectivity index (χ4n) is 2.63. The molecule has 1 atom stereocenters. The molecule has 1 saturated carbocycles. The van der Waals surface area contributed by atoms with Crippen molar-refractivity contribution in [2.45, 2.75) is 43.6 Å². The van der Waals surface area contributed by atoms with E-state index in [0.29, 0.717) is 16.6 Å². The number of carbonyl (C=O) groups is 1. The molecule has 6 heteroatoms. The summed E-state index contributed by atoms with van der Waals surface area (Å²) in [7, 11) is -1.41. The molecular weight excluding hydrogens is 308 g/mol. The first-order valence-corrected chi connectivity index (χ1v) is 9.11. The van der Waals surface area contributed by atoms with Gasteiger partial charge in [0.2, 0.25) is 5.91 Å². The van der Waals surface area contributed by atoms with Crippen LogP contribution in [0.2, 0.25) is 5.02 Å². The Morgan fingerprint density at radius 1 is 1.33 bits per heavy atom. The molecule has 0 radical (unpaired) electrons. The molecule has 0 aliphatic heterocycles. The minimum atomic E-state index is -1.41. The van der Waals surface area contributed by atoms with Crippen molar-refractivity contribution in [3.63, 3.8) is 0 Å². The largest absolute Gasteiger partial charge is 0.355 e. The minimum Gasteiger partial charge on any atom is -0.355 e. The molecule has 2 rings (SSSR count). The molecule has 116 valence electrons. The molecule has 0 spiro atoms. The molecule has 0 bridgehead atoms. The lowest BCUT2D eigenvalue weighted by Gasteiger charge is -2.21. The van der Waals surface area contributed by atoms with E-state index in [-0.39, 0.29) is 11.7 Å². The van der Waals surface area contributed by atoms with Gasteiger partial charge in [-0.2, -0.15) is 0 Å². The maximum Gasteiger partial charge on any atom is 0.233 e. The summed E-state index contributed by atoms with van der Waals surface area (Å²) >= 11 is 5.72. The highest BCUT2D eigenvalue weighted by Crippen LogP contribution is 2.25. The summed E-state index contributed by atoms with van der Waals surface area (Å²) in [6.45, 7) is 0.675. The number of amides is 1. The molecule has 1 N–H and O–H groups in total. The Balaban J connectivity index is 1.68. The molecule has 1 heterocycles. The molecule has 1 aromatic rings. The molecule has 1 fully saturated rings. The number of nitrogens with zero attached hydrogens (tertiary/aromatic N) is 1. The second-order valence-corrected chi connectivity index (χ2v) is 7.28. The van der Waals surface area contributed by atoms with Crippen molar-refractivity contribution >= 4 is 28.3 Å². The van der Waals surface area contributed by atoms with Gasteiger partial charge < -0.3 is 5.32 Å². The van der Waals surface area contributed by atoms with E-state index in [1.54, 1.807) is 12.1 Å². The summed E-state index contributed by atoms with van der Waals surface area (Å²) in [6.07, 6.45) is 8.98. The lowest BCUT2D eigenvalue weighted by molar-refractivity contribution is -0.118. The van der Waals surface area contributed by atoms with Crippen molar-refractivity contribution < 1.29 is 9.00 Å². The highest BCUT2D eigenvalue weighted by atomic mass is 35.5. The Labute approximate surface area is 133 Å². The van der Waals surface area contributed by atoms with Crippen LogP contribution in [-0.2, 0) is 15.6 Å². The number of halogens is 1. The number of hydrogen-bond donors (Lipinski definition) is 1. The Bertz CT molecular complexity index is 487. The van der Waals surface area contributed by atoms with Crippen molar-refractivity contribution in [1.29, 1.82) is 0 Å². The predicted molar refractivity (Wildman–Crippen MR) is 84.7 cm³/mol. The van der Waals surface area contributed by atoms with Crippen LogP contribution in [0.25, 0.3) is 0 Å². The Morgan fingerprint density at radius 3 is 2.76 bits per heavy atom. The van der Waals surface area contributed by atoms with Crippen molar-refractivity contribution in [1.82, 2.24) is 10.3 Å². The Hall–Kier alpha value is -0.940. The van der Waals surface area contributed by atoms with E-state index in [2.05, 4.69) is 10.3 Å². The number of pyridine rings is 1. The summed E-state index contributed by atoms with van der Waals surface area (Å²) in [5.41, 5.74) is 0. The topological polar surface area (TPSA) is 59.1 Å². The summed E-state index contributed by atoms with van der Waals surface area (Å²) < 4.78 is 12.0. The van der Waals surface area contributed by atoms with Gasteiger partial charge in [-0.1, -0.05) is 43.7 Å². The molecule has 0 unspecified atom stereocenters. The number of carbonyl (C=O) groups excluding carboxylic acids is 1. The van der Waals surface area contributed by atoms with Gasteiger partial charge in [0.05, 0.1) is 15.8 Å². The number of aromatic nitrogens is 1. The second kappa shape index (κ2) is 8.49. The van der Waals surface area contributed by atoms with E-state index < -0.39 is 10.8 Å². The van der Waals surface area contributed by atoms with Crippen LogP contribution in [0.1, 0.15) is 38.5 Å². The number of nitrogens with one attached hydrogen (secondary N) is 1. The quantitative estimate of drug-likeness (QED) is 0.873. The third kappa shape index (κ3) is 5.75. The van der Waals surface area contributed by atoms with Crippen LogP contribution in [0, 0.1) is 5.92 Å². The second-order valence-electron chi connectivity index (χ2n) is 5.45. The molecule has 1 amide bonds. The maximum atomic E-state index is 12.0. The van der Waals surface area contributed by atoms with Gasteiger partial charge in [-0.25, -0.2) is 4.98 Å². The van der Waals surface area contributed by atoms with Crippen molar-refractivity contribution in [3.8, 4) is 0 Å². The van der Waals surface area contributed by atoms with Crippen molar-refractivity contribution in [2.24, 2.45) is 5.92 Å². The van der Waals surface area contributed by atoms with Crippen LogP contribution in [-0.4, -0.2) is 27.4 Å². The summed E-state index contributed by atoms with van der Waals surface area (Å²) in [5, 5.41) is 3.74. The molecule has 4 nitrogen and oxygen atoms in total. The van der Waals surface area contributed by atoms with E-state index in [0.717, 1.165) is 12.3 Å². The molecule has 0 saturated heterocycles. The minimum absolute atomic E-state index is 0.0424. The van der Waals surface area contributed by atoms with Gasteiger partial charge in [-0.15, -0.1) is 0 Å². The van der Waals surface area contributed by atoms with E-state index >= 15 is 0 Å². The zero-order chi connectivity index (χ0) is 15.1. The molecule has 21 heavy (non-hydrogen) atoms. The van der Waals surface area contributed by atoms with E-state index in [1.165, 1.54) is 38.3 Å². The summed E-state index contributed by atoms with van der Waals surface area (Å²) in [6, 6.07) is 3.22. The zero-order valence-electron chi connectivity index (χ0n) is 12.0. The smallest absolute Gasteiger partial charge is 0.233 e. The van der Waals surface area contributed by atoms with Crippen LogP contribution < -0.4 is 5.32 Å². The highest BCUT2D eigenvalue weighted by Gasteiger charge is 2.14. The fourth-order valence-corrected chi connectivity index (χ4v) is 3.62. The van der Waals surface area contributed by atoms with Crippen LogP contribution in [0.5, 0.6) is 0 Å². The molecule has 0 aromatic carbocycles. The average molecular weight is 329 g/mol. The zero-order valence-corrected chi connectivity index (χ0v) is 13.6. The highest BCUT2D eigenvalue weighted by molar-refractivity contribution is 7.85. The number of rotatable bonds is 6. The normalized spacial score (nSPS) is 17.4. The van der Waals surface area contributed by atoms with E-state index in [4.69, 9.17) is 11.6 Å². The third-order valence-corrected chi connectivity index (χ3v) is 5.25. The molecule has 1 aromatic heterocycles. The molecule has 1 aliphatic rings. The fraction of sp³-hybridized carbons (Fsp3) is 0.600. The van der Waals surface area contributed by atoms with Crippen LogP contribution in [0.15, 0.2) is 23.4 Å². The van der Waals surface area contributed by atoms with Gasteiger partial charge >= 0.3 is 0 Å². The average Bonchev–Trinajstić information content (AvgIpc) is 2.49. The van der Waals surface area contributed by atoms with Crippen LogP contribution in [0.3, 0.4) is 0 Å². The van der Waals surface area contributed by atoms with Crippen molar-refractivity contribution in [3.05, 3.63) is 23.4 Å². The van der Waals surface area contributed by atoms with Crippen LogP contribution >= 0.6 is 11.6 Å². The molecule has 1 aliphatic carbocycles. The predicted octanol–water partition coefficient (Wildman–Crippen LogP) is 2.93. The first kappa shape index (κ1) is 16.4.